The highest BCUT2D eigenvalue weighted by atomic mass is 32.2. The van der Waals surface area contributed by atoms with Crippen molar-refractivity contribution in [3.8, 4) is 0 Å². The highest BCUT2D eigenvalue weighted by Crippen LogP contribution is 2.32. The zero-order chi connectivity index (χ0) is 15.9. The Hall–Kier alpha value is -1.73. The van der Waals surface area contributed by atoms with Crippen LogP contribution >= 0.6 is 24.0 Å². The van der Waals surface area contributed by atoms with Gasteiger partial charge in [-0.25, -0.2) is 0 Å². The number of thioether (sulfide) groups is 1. The van der Waals surface area contributed by atoms with Crippen LogP contribution in [0.15, 0.2) is 29.4 Å². The van der Waals surface area contributed by atoms with Gasteiger partial charge in [0.15, 0.2) is 0 Å². The molecular formula is C15H16N2O3S2. The van der Waals surface area contributed by atoms with Gasteiger partial charge < -0.3 is 4.74 Å². The van der Waals surface area contributed by atoms with Gasteiger partial charge in [-0.1, -0.05) is 37.0 Å². The fourth-order valence-corrected chi connectivity index (χ4v) is 3.11. The molecule has 1 fully saturated rings. The SMILES string of the molecule is CCCOC(=O)CCN1C(=O)/C(=C/c2cccnc2)SC1=S. The lowest BCUT2D eigenvalue weighted by Crippen LogP contribution is -2.30. The molecule has 22 heavy (non-hydrogen) atoms. The van der Waals surface area contributed by atoms with Crippen molar-refractivity contribution in [2.75, 3.05) is 13.2 Å². The summed E-state index contributed by atoms with van der Waals surface area (Å²) >= 11 is 6.44. The van der Waals surface area contributed by atoms with Crippen molar-refractivity contribution in [3.05, 3.63) is 35.0 Å². The van der Waals surface area contributed by atoms with Crippen LogP contribution < -0.4 is 0 Å². The van der Waals surface area contributed by atoms with Crippen LogP contribution in [0, 0.1) is 0 Å². The fourth-order valence-electron chi connectivity index (χ4n) is 1.80. The molecule has 1 aromatic heterocycles. The number of nitrogens with zero attached hydrogens (tertiary/aromatic N) is 2. The molecule has 0 saturated carbocycles. The number of thiocarbonyl (C=S) groups is 1. The summed E-state index contributed by atoms with van der Waals surface area (Å²) in [6.07, 6.45) is 6.02. The molecule has 1 saturated heterocycles. The van der Waals surface area contributed by atoms with Crippen molar-refractivity contribution in [3.63, 3.8) is 0 Å². The van der Waals surface area contributed by atoms with Gasteiger partial charge in [0.25, 0.3) is 5.91 Å². The Morgan fingerprint density at radius 2 is 2.36 bits per heavy atom. The van der Waals surface area contributed by atoms with Crippen LogP contribution in [0.5, 0.6) is 0 Å². The van der Waals surface area contributed by atoms with Gasteiger partial charge in [0.2, 0.25) is 0 Å². The van der Waals surface area contributed by atoms with Gasteiger partial charge in [0.1, 0.15) is 4.32 Å². The zero-order valence-electron chi connectivity index (χ0n) is 12.2. The van der Waals surface area contributed by atoms with E-state index in [1.54, 1.807) is 24.5 Å². The van der Waals surface area contributed by atoms with E-state index in [1.807, 2.05) is 13.0 Å². The third-order valence-electron chi connectivity index (χ3n) is 2.86. The first kappa shape index (κ1) is 16.6. The lowest BCUT2D eigenvalue weighted by molar-refractivity contribution is -0.143. The average molecular weight is 336 g/mol. The number of carbonyl (C=O) groups is 2. The minimum atomic E-state index is -0.313. The Morgan fingerprint density at radius 3 is 3.05 bits per heavy atom. The van der Waals surface area contributed by atoms with Crippen LogP contribution in [-0.4, -0.2) is 39.2 Å². The first-order valence-corrected chi connectivity index (χ1v) is 8.15. The van der Waals surface area contributed by atoms with Crippen LogP contribution in [0.2, 0.25) is 0 Å². The molecule has 0 N–H and O–H groups in total. The molecule has 0 spiro atoms. The largest absolute Gasteiger partial charge is 0.466 e. The van der Waals surface area contributed by atoms with Crippen molar-refractivity contribution in [2.45, 2.75) is 19.8 Å². The molecule has 0 bridgehead atoms. The van der Waals surface area contributed by atoms with E-state index in [1.165, 1.54) is 16.7 Å². The quantitative estimate of drug-likeness (QED) is 0.452. The number of aromatic nitrogens is 1. The summed E-state index contributed by atoms with van der Waals surface area (Å²) < 4.78 is 5.46. The lowest BCUT2D eigenvalue weighted by atomic mass is 10.2. The lowest BCUT2D eigenvalue weighted by Gasteiger charge is -2.13. The average Bonchev–Trinajstić information content (AvgIpc) is 2.78. The third kappa shape index (κ3) is 4.38. The molecule has 1 amide bonds. The highest BCUT2D eigenvalue weighted by molar-refractivity contribution is 8.26. The first-order chi connectivity index (χ1) is 10.6. The number of amides is 1. The fraction of sp³-hybridized carbons (Fsp3) is 0.333. The molecule has 116 valence electrons. The second kappa shape index (κ2) is 8.05. The topological polar surface area (TPSA) is 59.5 Å². The molecule has 2 rings (SSSR count). The Balaban J connectivity index is 1.97. The van der Waals surface area contributed by atoms with E-state index >= 15 is 0 Å². The molecule has 5 nitrogen and oxygen atoms in total. The highest BCUT2D eigenvalue weighted by Gasteiger charge is 2.32. The van der Waals surface area contributed by atoms with Crippen LogP contribution in [0.25, 0.3) is 6.08 Å². The maximum Gasteiger partial charge on any atom is 0.307 e. The van der Waals surface area contributed by atoms with E-state index < -0.39 is 0 Å². The molecule has 0 radical (unpaired) electrons. The summed E-state index contributed by atoms with van der Waals surface area (Å²) in [5, 5.41) is 0. The van der Waals surface area contributed by atoms with Gasteiger partial charge in [-0.15, -0.1) is 0 Å². The van der Waals surface area contributed by atoms with Gasteiger partial charge in [-0.05, 0) is 24.1 Å². The summed E-state index contributed by atoms with van der Waals surface area (Å²) in [5.74, 6) is -0.491. The summed E-state index contributed by atoms with van der Waals surface area (Å²) in [6, 6.07) is 3.66. The van der Waals surface area contributed by atoms with E-state index in [0.29, 0.717) is 15.8 Å². The van der Waals surface area contributed by atoms with Crippen molar-refractivity contribution < 1.29 is 14.3 Å². The number of pyridine rings is 1. The number of hydrogen-bond donors (Lipinski definition) is 0. The van der Waals surface area contributed by atoms with E-state index in [4.69, 9.17) is 17.0 Å². The van der Waals surface area contributed by atoms with Crippen LogP contribution in [-0.2, 0) is 14.3 Å². The van der Waals surface area contributed by atoms with Gasteiger partial charge in [-0.3, -0.25) is 19.5 Å². The molecule has 7 heteroatoms. The van der Waals surface area contributed by atoms with E-state index in [-0.39, 0.29) is 24.8 Å². The normalized spacial score (nSPS) is 16.4. The number of hydrogen-bond acceptors (Lipinski definition) is 6. The van der Waals surface area contributed by atoms with E-state index in [2.05, 4.69) is 4.98 Å². The zero-order valence-corrected chi connectivity index (χ0v) is 13.8. The molecular weight excluding hydrogens is 320 g/mol. The number of esters is 1. The molecule has 1 aliphatic heterocycles. The summed E-state index contributed by atoms with van der Waals surface area (Å²) in [6.45, 7) is 2.58. The molecule has 1 aliphatic rings. The molecule has 1 aromatic rings. The summed E-state index contributed by atoms with van der Waals surface area (Å²) in [4.78, 5) is 29.8. The summed E-state index contributed by atoms with van der Waals surface area (Å²) in [7, 11) is 0. The summed E-state index contributed by atoms with van der Waals surface area (Å²) in [5.41, 5.74) is 0.838. The Bertz CT molecular complexity index is 602. The van der Waals surface area contributed by atoms with Crippen LogP contribution in [0.3, 0.4) is 0 Å². The Kier molecular flexibility index (Phi) is 6.09. The predicted octanol–water partition coefficient (Wildman–Crippen LogP) is 2.63. The van der Waals surface area contributed by atoms with E-state index in [0.717, 1.165) is 12.0 Å². The number of ether oxygens (including phenoxy) is 1. The molecule has 2 heterocycles. The number of rotatable bonds is 6. The van der Waals surface area contributed by atoms with Crippen molar-refractivity contribution >= 4 is 46.3 Å². The Morgan fingerprint density at radius 1 is 1.55 bits per heavy atom. The molecule has 0 unspecified atom stereocenters. The van der Waals surface area contributed by atoms with Gasteiger partial charge in [-0.2, -0.15) is 0 Å². The molecule has 0 aliphatic carbocycles. The maximum absolute atomic E-state index is 12.3. The van der Waals surface area contributed by atoms with Crippen molar-refractivity contribution in [2.24, 2.45) is 0 Å². The van der Waals surface area contributed by atoms with Gasteiger partial charge >= 0.3 is 5.97 Å². The standard InChI is InChI=1S/C15H16N2O3S2/c1-2-8-20-13(18)5-7-17-14(19)12(22-15(17)21)9-11-4-3-6-16-10-11/h3-4,6,9-10H,2,5,7-8H2,1H3/b12-9-. The van der Waals surface area contributed by atoms with Crippen LogP contribution in [0.4, 0.5) is 0 Å². The van der Waals surface area contributed by atoms with Crippen LogP contribution in [0.1, 0.15) is 25.3 Å². The van der Waals surface area contributed by atoms with Crippen molar-refractivity contribution in [1.82, 2.24) is 9.88 Å². The maximum atomic E-state index is 12.3. The predicted molar refractivity (Wildman–Crippen MR) is 90.0 cm³/mol. The second-order valence-electron chi connectivity index (χ2n) is 4.59. The molecule has 0 aromatic carbocycles. The molecule has 0 atom stereocenters. The smallest absolute Gasteiger partial charge is 0.307 e. The second-order valence-corrected chi connectivity index (χ2v) is 6.27. The van der Waals surface area contributed by atoms with E-state index in [9.17, 15) is 9.59 Å². The minimum absolute atomic E-state index is 0.145. The monoisotopic (exact) mass is 336 g/mol. The van der Waals surface area contributed by atoms with Gasteiger partial charge in [0.05, 0.1) is 17.9 Å². The van der Waals surface area contributed by atoms with Gasteiger partial charge in [0, 0.05) is 18.9 Å². The first-order valence-electron chi connectivity index (χ1n) is 6.93. The Labute approximate surface area is 138 Å². The van der Waals surface area contributed by atoms with Crippen molar-refractivity contribution in [1.29, 1.82) is 0 Å². The number of carbonyl (C=O) groups excluding carboxylic acids is 2. The minimum Gasteiger partial charge on any atom is -0.466 e. The third-order valence-corrected chi connectivity index (χ3v) is 4.24.